The molecule has 0 saturated carbocycles. The summed E-state index contributed by atoms with van der Waals surface area (Å²) in [7, 11) is -3.80. The van der Waals surface area contributed by atoms with Gasteiger partial charge in [-0.15, -0.1) is 0 Å². The number of aromatic nitrogens is 2. The molecule has 0 aliphatic carbocycles. The van der Waals surface area contributed by atoms with Crippen molar-refractivity contribution in [3.63, 3.8) is 0 Å². The molecule has 0 radical (unpaired) electrons. The summed E-state index contributed by atoms with van der Waals surface area (Å²) in [6.45, 7) is 2.55. The monoisotopic (exact) mass is 290 g/mol. The Balaban J connectivity index is 2.78. The molecule has 0 aliphatic rings. The van der Waals surface area contributed by atoms with Crippen LogP contribution < -0.4 is 10.5 Å². The molecule has 0 spiro atoms. The molecule has 108 valence electrons. The Hall–Kier alpha value is -1.45. The summed E-state index contributed by atoms with van der Waals surface area (Å²) >= 11 is 0. The number of hydrogen-bond acceptors (Lipinski definition) is 6. The number of hydrogen-bond donors (Lipinski definition) is 3. The predicted molar refractivity (Wildman–Crippen MR) is 68.0 cm³/mol. The van der Waals surface area contributed by atoms with Crippen LogP contribution in [-0.2, 0) is 14.8 Å². The summed E-state index contributed by atoms with van der Waals surface area (Å²) in [6.07, 6.45) is 2.47. The molecule has 0 aliphatic heterocycles. The van der Waals surface area contributed by atoms with Crippen molar-refractivity contribution in [3.05, 3.63) is 11.8 Å². The smallest absolute Gasteiger partial charge is 0.342 e. The summed E-state index contributed by atoms with van der Waals surface area (Å²) in [4.78, 5) is 11.6. The van der Waals surface area contributed by atoms with E-state index in [0.29, 0.717) is 13.0 Å². The molecule has 1 rings (SSSR count). The van der Waals surface area contributed by atoms with E-state index < -0.39 is 16.0 Å². The largest absolute Gasteiger partial charge is 0.462 e. The van der Waals surface area contributed by atoms with Gasteiger partial charge in [0, 0.05) is 6.54 Å². The first-order valence-electron chi connectivity index (χ1n) is 5.93. The summed E-state index contributed by atoms with van der Waals surface area (Å²) in [5.41, 5.74) is 5.21. The van der Waals surface area contributed by atoms with Gasteiger partial charge in [0.2, 0.25) is 0 Å². The van der Waals surface area contributed by atoms with Crippen LogP contribution in [0.15, 0.2) is 11.2 Å². The highest BCUT2D eigenvalue weighted by atomic mass is 32.2. The van der Waals surface area contributed by atoms with Gasteiger partial charge in [-0.1, -0.05) is 0 Å². The number of esters is 1. The van der Waals surface area contributed by atoms with Crippen molar-refractivity contribution in [1.29, 1.82) is 0 Å². The standard InChI is InChI=1S/C10H18N4O4S/c1-2-18-10(15)8-7-12-14-9(8)19(16,17)13-6-4-3-5-11/h7,13H,2-6,11H2,1H3,(H,12,14). The fourth-order valence-electron chi connectivity index (χ4n) is 1.38. The van der Waals surface area contributed by atoms with E-state index in [1.165, 1.54) is 0 Å². The maximum atomic E-state index is 12.0. The Morgan fingerprint density at radius 3 is 2.89 bits per heavy atom. The van der Waals surface area contributed by atoms with Crippen LogP contribution in [0, 0.1) is 0 Å². The lowest BCUT2D eigenvalue weighted by atomic mass is 10.3. The Labute approximate surface area is 111 Å². The van der Waals surface area contributed by atoms with E-state index in [-0.39, 0.29) is 23.7 Å². The molecule has 0 saturated heterocycles. The second-order valence-electron chi connectivity index (χ2n) is 3.73. The highest BCUT2D eigenvalue weighted by molar-refractivity contribution is 7.89. The number of unbranched alkanes of at least 4 members (excludes halogenated alkanes) is 1. The molecule has 0 amide bonds. The van der Waals surface area contributed by atoms with Gasteiger partial charge < -0.3 is 10.5 Å². The van der Waals surface area contributed by atoms with Crippen LogP contribution in [0.2, 0.25) is 0 Å². The van der Waals surface area contributed by atoms with Gasteiger partial charge in [-0.05, 0) is 26.3 Å². The van der Waals surface area contributed by atoms with Crippen molar-refractivity contribution >= 4 is 16.0 Å². The number of nitrogens with one attached hydrogen (secondary N) is 2. The highest BCUT2D eigenvalue weighted by Crippen LogP contribution is 2.13. The normalized spacial score (nSPS) is 11.5. The summed E-state index contributed by atoms with van der Waals surface area (Å²) in [5, 5.41) is 5.59. The maximum absolute atomic E-state index is 12.0. The maximum Gasteiger partial charge on any atom is 0.342 e. The third-order valence-corrected chi connectivity index (χ3v) is 3.72. The highest BCUT2D eigenvalue weighted by Gasteiger charge is 2.25. The summed E-state index contributed by atoms with van der Waals surface area (Å²) in [6, 6.07) is 0. The first-order valence-corrected chi connectivity index (χ1v) is 7.41. The zero-order chi connectivity index (χ0) is 14.3. The van der Waals surface area contributed by atoms with Crippen LogP contribution in [0.5, 0.6) is 0 Å². The van der Waals surface area contributed by atoms with E-state index in [4.69, 9.17) is 10.5 Å². The number of nitrogens with two attached hydrogens (primary N) is 1. The number of ether oxygens (including phenoxy) is 1. The van der Waals surface area contributed by atoms with Crippen molar-refractivity contribution in [2.75, 3.05) is 19.7 Å². The van der Waals surface area contributed by atoms with Crippen molar-refractivity contribution in [1.82, 2.24) is 14.9 Å². The quantitative estimate of drug-likeness (QED) is 0.442. The Kier molecular flexibility index (Phi) is 5.93. The van der Waals surface area contributed by atoms with Crippen LogP contribution >= 0.6 is 0 Å². The number of nitrogens with zero attached hydrogens (tertiary/aromatic N) is 1. The average molecular weight is 290 g/mol. The third-order valence-electron chi connectivity index (χ3n) is 2.29. The molecule has 1 heterocycles. The molecule has 0 fully saturated rings. The molecule has 19 heavy (non-hydrogen) atoms. The first-order chi connectivity index (χ1) is 9.03. The number of aromatic amines is 1. The fourth-order valence-corrected chi connectivity index (χ4v) is 2.54. The molecule has 8 nitrogen and oxygen atoms in total. The Bertz CT molecular complexity index is 511. The summed E-state index contributed by atoms with van der Waals surface area (Å²) in [5.74, 6) is -0.724. The van der Waals surface area contributed by atoms with Crippen LogP contribution in [0.25, 0.3) is 0 Å². The molecule has 1 aromatic rings. The van der Waals surface area contributed by atoms with Crippen molar-refractivity contribution in [2.24, 2.45) is 5.73 Å². The zero-order valence-electron chi connectivity index (χ0n) is 10.7. The number of sulfonamides is 1. The lowest BCUT2D eigenvalue weighted by molar-refractivity contribution is 0.0522. The lowest BCUT2D eigenvalue weighted by Crippen LogP contribution is -2.27. The minimum Gasteiger partial charge on any atom is -0.462 e. The molecular formula is C10H18N4O4S. The molecule has 0 atom stereocenters. The minimum absolute atomic E-state index is 0.104. The Morgan fingerprint density at radius 1 is 1.53 bits per heavy atom. The number of carbonyl (C=O) groups excluding carboxylic acids is 1. The molecule has 0 aromatic carbocycles. The van der Waals surface area contributed by atoms with Crippen molar-refractivity contribution < 1.29 is 17.9 Å². The van der Waals surface area contributed by atoms with Crippen LogP contribution in [0.4, 0.5) is 0 Å². The van der Waals surface area contributed by atoms with E-state index in [1.54, 1.807) is 6.92 Å². The van der Waals surface area contributed by atoms with Crippen LogP contribution in [0.1, 0.15) is 30.1 Å². The average Bonchev–Trinajstić information content (AvgIpc) is 2.85. The van der Waals surface area contributed by atoms with Gasteiger partial charge >= 0.3 is 5.97 Å². The third kappa shape index (κ3) is 4.30. The van der Waals surface area contributed by atoms with Gasteiger partial charge in [-0.25, -0.2) is 17.9 Å². The zero-order valence-corrected chi connectivity index (χ0v) is 11.5. The Morgan fingerprint density at radius 2 is 2.26 bits per heavy atom. The van der Waals surface area contributed by atoms with Gasteiger partial charge in [0.05, 0.1) is 12.8 Å². The van der Waals surface area contributed by atoms with Gasteiger partial charge in [0.1, 0.15) is 5.56 Å². The van der Waals surface area contributed by atoms with Crippen LogP contribution in [0.3, 0.4) is 0 Å². The van der Waals surface area contributed by atoms with E-state index in [0.717, 1.165) is 12.6 Å². The lowest BCUT2D eigenvalue weighted by Gasteiger charge is -2.06. The molecular weight excluding hydrogens is 272 g/mol. The second-order valence-corrected chi connectivity index (χ2v) is 5.43. The minimum atomic E-state index is -3.80. The van der Waals surface area contributed by atoms with Gasteiger partial charge in [0.25, 0.3) is 10.0 Å². The van der Waals surface area contributed by atoms with E-state index in [2.05, 4.69) is 14.9 Å². The molecule has 1 aromatic heterocycles. The number of rotatable bonds is 8. The van der Waals surface area contributed by atoms with E-state index >= 15 is 0 Å². The topological polar surface area (TPSA) is 127 Å². The molecule has 4 N–H and O–H groups in total. The predicted octanol–water partition coefficient (Wildman–Crippen LogP) is -0.396. The van der Waals surface area contributed by atoms with Gasteiger partial charge in [0.15, 0.2) is 5.03 Å². The molecule has 9 heteroatoms. The van der Waals surface area contributed by atoms with Gasteiger partial charge in [-0.3, -0.25) is 5.10 Å². The SMILES string of the molecule is CCOC(=O)c1cn[nH]c1S(=O)(=O)NCCCCN. The number of H-pyrrole nitrogens is 1. The summed E-state index contributed by atoms with van der Waals surface area (Å²) < 4.78 is 31.1. The second kappa shape index (κ2) is 7.22. The van der Waals surface area contributed by atoms with Crippen LogP contribution in [-0.4, -0.2) is 44.3 Å². The van der Waals surface area contributed by atoms with Crippen molar-refractivity contribution in [2.45, 2.75) is 24.8 Å². The first kappa shape index (κ1) is 15.6. The van der Waals surface area contributed by atoms with E-state index in [9.17, 15) is 13.2 Å². The number of carbonyl (C=O) groups is 1. The fraction of sp³-hybridized carbons (Fsp3) is 0.600. The molecule has 0 unspecified atom stereocenters. The van der Waals surface area contributed by atoms with Crippen molar-refractivity contribution in [3.8, 4) is 0 Å². The van der Waals surface area contributed by atoms with Gasteiger partial charge in [-0.2, -0.15) is 5.10 Å². The van der Waals surface area contributed by atoms with E-state index in [1.807, 2.05) is 0 Å². The molecule has 0 bridgehead atoms.